The summed E-state index contributed by atoms with van der Waals surface area (Å²) in [6.45, 7) is 5.44. The first-order valence-corrected chi connectivity index (χ1v) is 8.93. The molecule has 0 atom stereocenters. The molecule has 2 heterocycles. The highest BCUT2D eigenvalue weighted by Gasteiger charge is 2.25. The minimum atomic E-state index is -3.74. The van der Waals surface area contributed by atoms with E-state index in [2.05, 4.69) is 14.8 Å². The number of anilines is 1. The first-order valence-electron chi connectivity index (χ1n) is 7.44. The van der Waals surface area contributed by atoms with Crippen molar-refractivity contribution in [2.45, 2.75) is 25.7 Å². The maximum Gasteiger partial charge on any atom is 0.265 e. The predicted molar refractivity (Wildman–Crippen MR) is 92.8 cm³/mol. The molecule has 0 aliphatic heterocycles. The van der Waals surface area contributed by atoms with Crippen molar-refractivity contribution in [2.24, 2.45) is 0 Å². The number of aryl methyl sites for hydroxylation is 2. The lowest BCUT2D eigenvalue weighted by Crippen LogP contribution is -2.15. The number of aromatic nitrogens is 3. The molecule has 2 aromatic heterocycles. The van der Waals surface area contributed by atoms with Gasteiger partial charge in [0.05, 0.1) is 29.0 Å². The number of hydrogen-bond acceptors (Lipinski definition) is 4. The Morgan fingerprint density at radius 1 is 1.04 bits per heavy atom. The summed E-state index contributed by atoms with van der Waals surface area (Å²) in [5.74, 6) is 0. The number of nitrogens with one attached hydrogen (secondary N) is 1. The van der Waals surface area contributed by atoms with Crippen LogP contribution in [0.25, 0.3) is 5.69 Å². The molecule has 124 valence electrons. The molecule has 0 spiro atoms. The molecular weight excluding hydrogens is 324 g/mol. The van der Waals surface area contributed by atoms with Crippen molar-refractivity contribution < 1.29 is 8.42 Å². The maximum atomic E-state index is 12.7. The van der Waals surface area contributed by atoms with Crippen LogP contribution >= 0.6 is 0 Å². The van der Waals surface area contributed by atoms with Gasteiger partial charge in [-0.1, -0.05) is 17.7 Å². The number of hydrogen-bond donors (Lipinski definition) is 1. The Balaban J connectivity index is 2.04. The highest BCUT2D eigenvalue weighted by atomic mass is 32.2. The van der Waals surface area contributed by atoms with Gasteiger partial charge in [-0.15, -0.1) is 0 Å². The molecule has 7 heteroatoms. The fourth-order valence-corrected chi connectivity index (χ4v) is 4.02. The van der Waals surface area contributed by atoms with E-state index in [-0.39, 0.29) is 4.90 Å². The Bertz CT molecular complexity index is 962. The molecule has 3 aromatic rings. The van der Waals surface area contributed by atoms with Gasteiger partial charge < -0.3 is 0 Å². The third kappa shape index (κ3) is 3.03. The van der Waals surface area contributed by atoms with Gasteiger partial charge in [0.2, 0.25) is 0 Å². The van der Waals surface area contributed by atoms with Crippen LogP contribution in [0.2, 0.25) is 0 Å². The molecule has 24 heavy (non-hydrogen) atoms. The van der Waals surface area contributed by atoms with Crippen LogP contribution in [0.4, 0.5) is 5.69 Å². The Morgan fingerprint density at radius 2 is 1.75 bits per heavy atom. The number of pyridine rings is 1. The number of rotatable bonds is 4. The monoisotopic (exact) mass is 342 g/mol. The minimum absolute atomic E-state index is 0.187. The predicted octanol–water partition coefficient (Wildman–Crippen LogP) is 2.99. The lowest BCUT2D eigenvalue weighted by Gasteiger charge is -2.09. The normalized spacial score (nSPS) is 11.5. The Morgan fingerprint density at radius 3 is 2.38 bits per heavy atom. The van der Waals surface area contributed by atoms with Crippen molar-refractivity contribution in [3.05, 3.63) is 65.7 Å². The van der Waals surface area contributed by atoms with Crippen LogP contribution in [0.15, 0.2) is 53.7 Å². The average molecular weight is 342 g/mol. The second-order valence-electron chi connectivity index (χ2n) is 5.59. The smallest absolute Gasteiger partial charge is 0.265 e. The summed E-state index contributed by atoms with van der Waals surface area (Å²) in [5, 5.41) is 4.40. The molecule has 0 fully saturated rings. The van der Waals surface area contributed by atoms with Crippen LogP contribution in [0.1, 0.15) is 17.0 Å². The fraction of sp³-hybridized carbons (Fsp3) is 0.176. The topological polar surface area (TPSA) is 76.9 Å². The highest BCUT2D eigenvalue weighted by molar-refractivity contribution is 7.92. The van der Waals surface area contributed by atoms with Crippen molar-refractivity contribution in [1.82, 2.24) is 14.8 Å². The standard InChI is InChI=1S/C17H18N4O2S/c1-12-6-8-16(9-7-12)21-14(3)17(13(2)19-21)24(22,23)20-15-5-4-10-18-11-15/h4-11,20H,1-3H3. The van der Waals surface area contributed by atoms with Gasteiger partial charge in [0.25, 0.3) is 10.0 Å². The van der Waals surface area contributed by atoms with E-state index in [1.54, 1.807) is 36.9 Å². The zero-order valence-electron chi connectivity index (χ0n) is 13.7. The van der Waals surface area contributed by atoms with Crippen LogP contribution in [0, 0.1) is 20.8 Å². The van der Waals surface area contributed by atoms with E-state index in [9.17, 15) is 8.42 Å². The number of nitrogens with zero attached hydrogens (tertiary/aromatic N) is 3. The highest BCUT2D eigenvalue weighted by Crippen LogP contribution is 2.24. The molecule has 6 nitrogen and oxygen atoms in total. The molecular formula is C17H18N4O2S. The van der Waals surface area contributed by atoms with Crippen molar-refractivity contribution in [3.63, 3.8) is 0 Å². The Kier molecular flexibility index (Phi) is 4.11. The van der Waals surface area contributed by atoms with E-state index in [1.807, 2.05) is 31.2 Å². The lowest BCUT2D eigenvalue weighted by atomic mass is 10.2. The summed E-state index contributed by atoms with van der Waals surface area (Å²) < 4.78 is 29.7. The first-order chi connectivity index (χ1) is 11.4. The van der Waals surface area contributed by atoms with E-state index in [0.29, 0.717) is 17.1 Å². The maximum absolute atomic E-state index is 12.7. The van der Waals surface area contributed by atoms with Gasteiger partial charge in [0, 0.05) is 6.20 Å². The van der Waals surface area contributed by atoms with Crippen LogP contribution in [0.3, 0.4) is 0 Å². The molecule has 0 radical (unpaired) electrons. The molecule has 0 saturated carbocycles. The van der Waals surface area contributed by atoms with Crippen LogP contribution in [-0.4, -0.2) is 23.2 Å². The van der Waals surface area contributed by atoms with Crippen molar-refractivity contribution in [2.75, 3.05) is 4.72 Å². The number of sulfonamides is 1. The molecule has 0 aliphatic carbocycles. The molecule has 0 unspecified atom stereocenters. The van der Waals surface area contributed by atoms with Crippen LogP contribution in [0.5, 0.6) is 0 Å². The summed E-state index contributed by atoms with van der Waals surface area (Å²) in [5.41, 5.74) is 3.38. The molecule has 1 aromatic carbocycles. The van der Waals surface area contributed by atoms with Crippen LogP contribution < -0.4 is 4.72 Å². The molecule has 0 aliphatic rings. The molecule has 0 saturated heterocycles. The Hall–Kier alpha value is -2.67. The largest absolute Gasteiger partial charge is 0.278 e. The summed E-state index contributed by atoms with van der Waals surface area (Å²) in [6, 6.07) is 11.1. The van der Waals surface area contributed by atoms with Crippen LogP contribution in [-0.2, 0) is 10.0 Å². The third-order valence-electron chi connectivity index (χ3n) is 3.69. The molecule has 3 rings (SSSR count). The van der Waals surface area contributed by atoms with Gasteiger partial charge in [0.15, 0.2) is 0 Å². The van der Waals surface area contributed by atoms with E-state index < -0.39 is 10.0 Å². The van der Waals surface area contributed by atoms with Crippen molar-refractivity contribution >= 4 is 15.7 Å². The first kappa shape index (κ1) is 16.2. The minimum Gasteiger partial charge on any atom is -0.278 e. The summed E-state index contributed by atoms with van der Waals surface area (Å²) in [6.07, 6.45) is 3.05. The van der Waals surface area contributed by atoms with E-state index in [1.165, 1.54) is 6.20 Å². The average Bonchev–Trinajstić information content (AvgIpc) is 2.84. The van der Waals surface area contributed by atoms with Gasteiger partial charge in [-0.25, -0.2) is 13.1 Å². The van der Waals surface area contributed by atoms with Gasteiger partial charge in [-0.05, 0) is 45.0 Å². The van der Waals surface area contributed by atoms with Gasteiger partial charge >= 0.3 is 0 Å². The quantitative estimate of drug-likeness (QED) is 0.791. The molecule has 0 amide bonds. The second-order valence-corrected chi connectivity index (χ2v) is 7.21. The van der Waals surface area contributed by atoms with Crippen molar-refractivity contribution in [3.8, 4) is 5.69 Å². The summed E-state index contributed by atoms with van der Waals surface area (Å²) in [7, 11) is -3.74. The third-order valence-corrected chi connectivity index (χ3v) is 5.32. The SMILES string of the molecule is Cc1ccc(-n2nc(C)c(S(=O)(=O)Nc3cccnc3)c2C)cc1. The fourth-order valence-electron chi connectivity index (χ4n) is 2.58. The van der Waals surface area contributed by atoms with E-state index in [4.69, 9.17) is 0 Å². The number of benzene rings is 1. The van der Waals surface area contributed by atoms with Gasteiger partial charge in [-0.3, -0.25) is 9.71 Å². The van der Waals surface area contributed by atoms with Gasteiger partial charge in [0.1, 0.15) is 4.90 Å². The molecule has 1 N–H and O–H groups in total. The van der Waals surface area contributed by atoms with Crippen molar-refractivity contribution in [1.29, 1.82) is 0 Å². The Labute approximate surface area is 141 Å². The van der Waals surface area contributed by atoms with Gasteiger partial charge in [-0.2, -0.15) is 5.10 Å². The van der Waals surface area contributed by atoms with E-state index >= 15 is 0 Å². The zero-order chi connectivity index (χ0) is 17.3. The summed E-state index contributed by atoms with van der Waals surface area (Å²) in [4.78, 5) is 4.11. The molecule has 0 bridgehead atoms. The summed E-state index contributed by atoms with van der Waals surface area (Å²) >= 11 is 0. The van der Waals surface area contributed by atoms with E-state index in [0.717, 1.165) is 11.3 Å². The zero-order valence-corrected chi connectivity index (χ0v) is 14.5. The second kappa shape index (κ2) is 6.09. The lowest BCUT2D eigenvalue weighted by molar-refractivity contribution is 0.600.